The van der Waals surface area contributed by atoms with E-state index in [1.165, 1.54) is 0 Å². The zero-order valence-electron chi connectivity index (χ0n) is 11.8. The van der Waals surface area contributed by atoms with E-state index in [-0.39, 0.29) is 10.4 Å². The second kappa shape index (κ2) is 7.77. The highest BCUT2D eigenvalue weighted by atomic mass is 35.5. The van der Waals surface area contributed by atoms with Gasteiger partial charge in [0, 0.05) is 12.6 Å². The fraction of sp³-hybridized carbons (Fsp3) is 0.750. The average Bonchev–Trinajstić information content (AvgIpc) is 2.80. The first-order valence-electron chi connectivity index (χ1n) is 6.43. The molecular weight excluding hydrogens is 284 g/mol. The van der Waals surface area contributed by atoms with Crippen molar-refractivity contribution >= 4 is 28.8 Å². The van der Waals surface area contributed by atoms with Crippen molar-refractivity contribution in [2.45, 2.75) is 32.7 Å². The molecular formula is C12H21ClN4OS. The van der Waals surface area contributed by atoms with E-state index in [0.29, 0.717) is 23.5 Å². The molecule has 0 aliphatic carbocycles. The van der Waals surface area contributed by atoms with Crippen LogP contribution in [-0.2, 0) is 0 Å². The van der Waals surface area contributed by atoms with E-state index in [1.807, 2.05) is 14.1 Å². The Morgan fingerprint density at radius 3 is 2.42 bits per heavy atom. The quantitative estimate of drug-likeness (QED) is 0.839. The van der Waals surface area contributed by atoms with Crippen molar-refractivity contribution in [3.8, 4) is 0 Å². The molecule has 1 aromatic rings. The average molecular weight is 305 g/mol. The molecule has 7 heteroatoms. The van der Waals surface area contributed by atoms with Gasteiger partial charge in [0.25, 0.3) is 5.91 Å². The number of aromatic nitrogens is 2. The highest BCUT2D eigenvalue weighted by Gasteiger charge is 2.22. The maximum Gasteiger partial charge on any atom is 0.282 e. The Balaban J connectivity index is 2.59. The number of carbonyl (C=O) groups is 1. The molecule has 0 saturated heterocycles. The summed E-state index contributed by atoms with van der Waals surface area (Å²) in [4.78, 5) is 14.1. The normalized spacial score (nSPS) is 13.0. The van der Waals surface area contributed by atoms with Gasteiger partial charge in [-0.05, 0) is 31.6 Å². The van der Waals surface area contributed by atoms with Crippen molar-refractivity contribution in [3.63, 3.8) is 0 Å². The zero-order chi connectivity index (χ0) is 14.4. The summed E-state index contributed by atoms with van der Waals surface area (Å²) in [6.07, 6.45) is 2.19. The first-order chi connectivity index (χ1) is 8.99. The van der Waals surface area contributed by atoms with Gasteiger partial charge in [0.15, 0.2) is 0 Å². The topological polar surface area (TPSA) is 58.1 Å². The lowest BCUT2D eigenvalue weighted by molar-refractivity contribution is 0.0927. The van der Waals surface area contributed by atoms with E-state index in [2.05, 4.69) is 34.3 Å². The van der Waals surface area contributed by atoms with Crippen LogP contribution in [0.2, 0.25) is 4.47 Å². The number of hydrogen-bond acceptors (Lipinski definition) is 5. The van der Waals surface area contributed by atoms with E-state index in [9.17, 15) is 4.79 Å². The predicted molar refractivity (Wildman–Crippen MR) is 78.8 cm³/mol. The second-order valence-corrected chi connectivity index (χ2v) is 6.24. The summed E-state index contributed by atoms with van der Waals surface area (Å²) in [5.74, 6) is 0.357. The minimum atomic E-state index is -0.206. The third-order valence-electron chi connectivity index (χ3n) is 3.32. The molecule has 108 valence electrons. The molecule has 0 aromatic carbocycles. The first-order valence-corrected chi connectivity index (χ1v) is 7.62. The minimum absolute atomic E-state index is 0.206. The Kier molecular flexibility index (Phi) is 6.68. The standard InChI is InChI=1S/C12H21ClN4OS/c1-5-8(6-2)9(17(3)4)7-14-10(18)11-15-16-12(13)19-11/h8-9H,5-7H2,1-4H3,(H,14,18). The van der Waals surface area contributed by atoms with Crippen LogP contribution in [0.25, 0.3) is 0 Å². The van der Waals surface area contributed by atoms with Gasteiger partial charge in [-0.3, -0.25) is 4.79 Å². The molecule has 0 radical (unpaired) electrons. The predicted octanol–water partition coefficient (Wildman–Crippen LogP) is 2.29. The van der Waals surface area contributed by atoms with E-state index in [0.717, 1.165) is 24.2 Å². The van der Waals surface area contributed by atoms with Gasteiger partial charge in [0.2, 0.25) is 9.47 Å². The van der Waals surface area contributed by atoms with Gasteiger partial charge < -0.3 is 10.2 Å². The summed E-state index contributed by atoms with van der Waals surface area (Å²) in [5, 5.41) is 10.6. The largest absolute Gasteiger partial charge is 0.348 e. The summed E-state index contributed by atoms with van der Waals surface area (Å²) < 4.78 is 0.286. The molecule has 5 nitrogen and oxygen atoms in total. The van der Waals surface area contributed by atoms with Crippen molar-refractivity contribution < 1.29 is 4.79 Å². The Bertz CT molecular complexity index is 406. The van der Waals surface area contributed by atoms with Crippen LogP contribution in [0.1, 0.15) is 36.5 Å². The molecule has 0 fully saturated rings. The van der Waals surface area contributed by atoms with Gasteiger partial charge in [0.05, 0.1) is 0 Å². The summed E-state index contributed by atoms with van der Waals surface area (Å²) >= 11 is 6.76. The molecule has 0 bridgehead atoms. The molecule has 0 saturated carbocycles. The molecule has 0 aliphatic heterocycles. The maximum atomic E-state index is 11.9. The van der Waals surface area contributed by atoms with Gasteiger partial charge in [-0.15, -0.1) is 10.2 Å². The van der Waals surface area contributed by atoms with Gasteiger partial charge in [-0.2, -0.15) is 0 Å². The number of likely N-dealkylation sites (N-methyl/N-ethyl adjacent to an activating group) is 1. The van der Waals surface area contributed by atoms with Crippen LogP contribution < -0.4 is 5.32 Å². The van der Waals surface area contributed by atoms with E-state index >= 15 is 0 Å². The van der Waals surface area contributed by atoms with E-state index in [1.54, 1.807) is 0 Å². The van der Waals surface area contributed by atoms with Crippen molar-refractivity contribution in [3.05, 3.63) is 9.47 Å². The number of nitrogens with one attached hydrogen (secondary N) is 1. The van der Waals surface area contributed by atoms with Crippen LogP contribution in [0.3, 0.4) is 0 Å². The number of hydrogen-bond donors (Lipinski definition) is 1. The van der Waals surface area contributed by atoms with Gasteiger partial charge >= 0.3 is 0 Å². The number of amides is 1. The van der Waals surface area contributed by atoms with Crippen molar-refractivity contribution in [2.75, 3.05) is 20.6 Å². The lowest BCUT2D eigenvalue weighted by Gasteiger charge is -2.31. The molecule has 19 heavy (non-hydrogen) atoms. The molecule has 1 atom stereocenters. The number of halogens is 1. The molecule has 1 N–H and O–H groups in total. The third kappa shape index (κ3) is 4.71. The minimum Gasteiger partial charge on any atom is -0.348 e. The highest BCUT2D eigenvalue weighted by Crippen LogP contribution is 2.17. The van der Waals surface area contributed by atoms with Crippen molar-refractivity contribution in [1.82, 2.24) is 20.4 Å². The summed E-state index contributed by atoms with van der Waals surface area (Å²) in [5.41, 5.74) is 0. The number of rotatable bonds is 7. The van der Waals surface area contributed by atoms with Crippen molar-refractivity contribution in [2.24, 2.45) is 5.92 Å². The lowest BCUT2D eigenvalue weighted by Crippen LogP contribution is -2.44. The monoisotopic (exact) mass is 304 g/mol. The summed E-state index contributed by atoms with van der Waals surface area (Å²) in [7, 11) is 4.08. The Labute approximate surface area is 123 Å². The molecule has 1 heterocycles. The van der Waals surface area contributed by atoms with Crippen LogP contribution in [0.4, 0.5) is 0 Å². The van der Waals surface area contributed by atoms with E-state index in [4.69, 9.17) is 11.6 Å². The smallest absolute Gasteiger partial charge is 0.282 e. The molecule has 1 amide bonds. The summed E-state index contributed by atoms with van der Waals surface area (Å²) in [6.45, 7) is 4.96. The molecule has 1 unspecified atom stereocenters. The molecule has 1 aromatic heterocycles. The van der Waals surface area contributed by atoms with Crippen LogP contribution in [-0.4, -0.2) is 47.7 Å². The maximum absolute atomic E-state index is 11.9. The van der Waals surface area contributed by atoms with Crippen LogP contribution >= 0.6 is 22.9 Å². The highest BCUT2D eigenvalue weighted by molar-refractivity contribution is 7.17. The second-order valence-electron chi connectivity index (χ2n) is 4.68. The number of carbonyl (C=O) groups excluding carboxylic acids is 1. The van der Waals surface area contributed by atoms with Gasteiger partial charge in [-0.25, -0.2) is 0 Å². The first kappa shape index (κ1) is 16.3. The Morgan fingerprint density at radius 2 is 2.00 bits per heavy atom. The Morgan fingerprint density at radius 1 is 1.37 bits per heavy atom. The van der Waals surface area contributed by atoms with Crippen LogP contribution in [0, 0.1) is 5.92 Å². The number of nitrogens with zero attached hydrogens (tertiary/aromatic N) is 3. The van der Waals surface area contributed by atoms with Crippen LogP contribution in [0.5, 0.6) is 0 Å². The molecule has 0 aliphatic rings. The van der Waals surface area contributed by atoms with Crippen LogP contribution in [0.15, 0.2) is 0 Å². The SMILES string of the molecule is CCC(CC)C(CNC(=O)c1nnc(Cl)s1)N(C)C. The van der Waals surface area contributed by atoms with Gasteiger partial charge in [-0.1, -0.05) is 38.0 Å². The Hall–Kier alpha value is -0.720. The molecule has 1 rings (SSSR count). The lowest BCUT2D eigenvalue weighted by atomic mass is 9.93. The van der Waals surface area contributed by atoms with Crippen molar-refractivity contribution in [1.29, 1.82) is 0 Å². The molecule has 0 spiro atoms. The fourth-order valence-electron chi connectivity index (χ4n) is 2.17. The van der Waals surface area contributed by atoms with Gasteiger partial charge in [0.1, 0.15) is 0 Å². The van der Waals surface area contributed by atoms with E-state index < -0.39 is 0 Å². The summed E-state index contributed by atoms with van der Waals surface area (Å²) in [6, 6.07) is 0.322. The zero-order valence-corrected chi connectivity index (χ0v) is 13.4. The fourth-order valence-corrected chi connectivity index (χ4v) is 2.92. The third-order valence-corrected chi connectivity index (χ3v) is 4.34.